The van der Waals surface area contributed by atoms with Crippen molar-refractivity contribution in [2.24, 2.45) is 7.05 Å². The summed E-state index contributed by atoms with van der Waals surface area (Å²) in [5.41, 5.74) is 3.38. The van der Waals surface area contributed by atoms with Crippen LogP contribution in [0.5, 0.6) is 5.75 Å². The number of ether oxygens (including phenoxy) is 1. The fourth-order valence-electron chi connectivity index (χ4n) is 3.33. The lowest BCUT2D eigenvalue weighted by Gasteiger charge is -2.12. The van der Waals surface area contributed by atoms with Crippen LogP contribution in [0.1, 0.15) is 12.5 Å². The molecule has 0 saturated carbocycles. The third-order valence-electron chi connectivity index (χ3n) is 5.35. The van der Waals surface area contributed by atoms with E-state index in [1.165, 1.54) is 11.8 Å². The second kappa shape index (κ2) is 11.5. The standard InChI is InChI=1S/C27H27N5O3S/c1-18-9-13-22(14-10-18)29-26(34)19(2)36-27-31-30-25(32(27)3)20-11-15-21(16-12-20)28-24(33)17-35-23-7-5-4-6-8-23/h4-16,19H,17H2,1-3H3,(H,28,33)(H,29,34). The van der Waals surface area contributed by atoms with Crippen molar-refractivity contribution in [2.75, 3.05) is 17.2 Å². The summed E-state index contributed by atoms with van der Waals surface area (Å²) in [7, 11) is 1.86. The SMILES string of the molecule is Cc1ccc(NC(=O)C(C)Sc2nnc(-c3ccc(NC(=O)COc4ccccc4)cc3)n2C)cc1. The van der Waals surface area contributed by atoms with Gasteiger partial charge in [0.15, 0.2) is 17.6 Å². The van der Waals surface area contributed by atoms with Crippen LogP contribution in [0.3, 0.4) is 0 Å². The Balaban J connectivity index is 1.33. The third kappa shape index (κ3) is 6.51. The number of hydrogen-bond donors (Lipinski definition) is 2. The van der Waals surface area contributed by atoms with Crippen molar-refractivity contribution in [1.29, 1.82) is 0 Å². The van der Waals surface area contributed by atoms with E-state index in [0.29, 0.717) is 22.4 Å². The van der Waals surface area contributed by atoms with Gasteiger partial charge < -0.3 is 19.9 Å². The second-order valence-electron chi connectivity index (χ2n) is 8.21. The highest BCUT2D eigenvalue weighted by Gasteiger charge is 2.19. The van der Waals surface area contributed by atoms with E-state index in [4.69, 9.17) is 4.74 Å². The Morgan fingerprint density at radius 2 is 1.56 bits per heavy atom. The van der Waals surface area contributed by atoms with Gasteiger partial charge in [-0.05, 0) is 62.4 Å². The van der Waals surface area contributed by atoms with Gasteiger partial charge in [0.25, 0.3) is 5.91 Å². The lowest BCUT2D eigenvalue weighted by Crippen LogP contribution is -2.22. The maximum absolute atomic E-state index is 12.6. The number of hydrogen-bond acceptors (Lipinski definition) is 6. The summed E-state index contributed by atoms with van der Waals surface area (Å²) in [6, 6.07) is 24.2. The van der Waals surface area contributed by atoms with Crippen molar-refractivity contribution in [3.63, 3.8) is 0 Å². The highest BCUT2D eigenvalue weighted by Crippen LogP contribution is 2.27. The fourth-order valence-corrected chi connectivity index (χ4v) is 4.14. The minimum absolute atomic E-state index is 0.0781. The molecule has 1 atom stereocenters. The molecule has 8 nitrogen and oxygen atoms in total. The Kier molecular flexibility index (Phi) is 8.02. The number of thioether (sulfide) groups is 1. The van der Waals surface area contributed by atoms with E-state index in [1.807, 2.05) is 80.1 Å². The molecule has 9 heteroatoms. The van der Waals surface area contributed by atoms with E-state index in [9.17, 15) is 9.59 Å². The monoisotopic (exact) mass is 501 g/mol. The van der Waals surface area contributed by atoms with E-state index >= 15 is 0 Å². The summed E-state index contributed by atoms with van der Waals surface area (Å²) in [6.07, 6.45) is 0. The average molecular weight is 502 g/mol. The largest absolute Gasteiger partial charge is 0.484 e. The second-order valence-corrected chi connectivity index (χ2v) is 9.52. The van der Waals surface area contributed by atoms with E-state index in [0.717, 1.165) is 16.8 Å². The molecule has 184 valence electrons. The topological polar surface area (TPSA) is 98.1 Å². The number of para-hydroxylation sites is 1. The molecule has 0 fully saturated rings. The first-order valence-corrected chi connectivity index (χ1v) is 12.3. The number of carbonyl (C=O) groups is 2. The minimum Gasteiger partial charge on any atom is -0.484 e. The highest BCUT2D eigenvalue weighted by atomic mass is 32.2. The molecule has 1 aromatic heterocycles. The normalized spacial score (nSPS) is 11.5. The van der Waals surface area contributed by atoms with Crippen molar-refractivity contribution in [1.82, 2.24) is 14.8 Å². The summed E-state index contributed by atoms with van der Waals surface area (Å²) in [6.45, 7) is 3.76. The Morgan fingerprint density at radius 1 is 0.917 bits per heavy atom. The van der Waals surface area contributed by atoms with E-state index < -0.39 is 0 Å². The first-order valence-electron chi connectivity index (χ1n) is 11.4. The van der Waals surface area contributed by atoms with Gasteiger partial charge in [0.1, 0.15) is 5.75 Å². The predicted molar refractivity (Wildman–Crippen MR) is 142 cm³/mol. The number of aryl methyl sites for hydroxylation is 1. The van der Waals surface area contributed by atoms with Crippen LogP contribution >= 0.6 is 11.8 Å². The fraction of sp³-hybridized carbons (Fsp3) is 0.185. The van der Waals surface area contributed by atoms with Gasteiger partial charge in [-0.15, -0.1) is 10.2 Å². The smallest absolute Gasteiger partial charge is 0.262 e. The van der Waals surface area contributed by atoms with Crippen molar-refractivity contribution in [3.8, 4) is 17.1 Å². The molecule has 2 N–H and O–H groups in total. The van der Waals surface area contributed by atoms with E-state index in [-0.39, 0.29) is 23.7 Å². The summed E-state index contributed by atoms with van der Waals surface area (Å²) >= 11 is 1.34. The van der Waals surface area contributed by atoms with Gasteiger partial charge in [0.2, 0.25) is 5.91 Å². The molecular formula is C27H27N5O3S. The molecule has 1 heterocycles. The lowest BCUT2D eigenvalue weighted by molar-refractivity contribution is -0.118. The number of nitrogens with zero attached hydrogens (tertiary/aromatic N) is 3. The first-order chi connectivity index (χ1) is 17.4. The summed E-state index contributed by atoms with van der Waals surface area (Å²) in [4.78, 5) is 24.8. The van der Waals surface area contributed by atoms with Crippen molar-refractivity contribution < 1.29 is 14.3 Å². The number of benzene rings is 3. The highest BCUT2D eigenvalue weighted by molar-refractivity contribution is 8.00. The third-order valence-corrected chi connectivity index (χ3v) is 6.48. The number of rotatable bonds is 9. The molecule has 2 amide bonds. The van der Waals surface area contributed by atoms with Crippen LogP contribution in [-0.4, -0.2) is 38.4 Å². The molecule has 4 aromatic rings. The van der Waals surface area contributed by atoms with Crippen molar-refractivity contribution in [2.45, 2.75) is 24.3 Å². The van der Waals surface area contributed by atoms with Crippen LogP contribution < -0.4 is 15.4 Å². The van der Waals surface area contributed by atoms with Gasteiger partial charge in [-0.1, -0.05) is 47.7 Å². The number of amides is 2. The molecule has 0 aliphatic heterocycles. The maximum atomic E-state index is 12.6. The maximum Gasteiger partial charge on any atom is 0.262 e. The quantitative estimate of drug-likeness (QED) is 0.316. The van der Waals surface area contributed by atoms with Gasteiger partial charge >= 0.3 is 0 Å². The van der Waals surface area contributed by atoms with Crippen LogP contribution in [0.15, 0.2) is 84.0 Å². The molecule has 36 heavy (non-hydrogen) atoms. The average Bonchev–Trinajstić information content (AvgIpc) is 3.25. The summed E-state index contributed by atoms with van der Waals surface area (Å²) in [5, 5.41) is 14.6. The van der Waals surface area contributed by atoms with Gasteiger partial charge in [0.05, 0.1) is 5.25 Å². The summed E-state index contributed by atoms with van der Waals surface area (Å²) in [5.74, 6) is 0.946. The van der Waals surface area contributed by atoms with E-state index in [1.54, 1.807) is 24.3 Å². The minimum atomic E-state index is -0.363. The van der Waals surface area contributed by atoms with Crippen LogP contribution in [0.2, 0.25) is 0 Å². The van der Waals surface area contributed by atoms with E-state index in [2.05, 4.69) is 20.8 Å². The molecule has 3 aromatic carbocycles. The van der Waals surface area contributed by atoms with Crippen LogP contribution in [0.4, 0.5) is 11.4 Å². The molecule has 1 unspecified atom stereocenters. The van der Waals surface area contributed by atoms with Crippen LogP contribution in [0, 0.1) is 6.92 Å². The molecule has 0 bridgehead atoms. The molecule has 4 rings (SSSR count). The van der Waals surface area contributed by atoms with Gasteiger partial charge in [-0.2, -0.15) is 0 Å². The molecule has 0 saturated heterocycles. The zero-order valence-electron chi connectivity index (χ0n) is 20.3. The molecule has 0 spiro atoms. The number of aromatic nitrogens is 3. The Morgan fingerprint density at radius 3 is 2.25 bits per heavy atom. The summed E-state index contributed by atoms with van der Waals surface area (Å²) < 4.78 is 7.32. The zero-order chi connectivity index (χ0) is 25.5. The molecule has 0 radical (unpaired) electrons. The predicted octanol–water partition coefficient (Wildman–Crippen LogP) is 4.93. The molecular weight excluding hydrogens is 474 g/mol. The Hall–Kier alpha value is -4.11. The molecule has 0 aliphatic rings. The Labute approximate surface area is 214 Å². The van der Waals surface area contributed by atoms with Crippen molar-refractivity contribution in [3.05, 3.63) is 84.4 Å². The van der Waals surface area contributed by atoms with Gasteiger partial charge in [-0.25, -0.2) is 0 Å². The lowest BCUT2D eigenvalue weighted by atomic mass is 10.2. The number of nitrogens with one attached hydrogen (secondary N) is 2. The van der Waals surface area contributed by atoms with Crippen molar-refractivity contribution >= 4 is 35.0 Å². The van der Waals surface area contributed by atoms with Crippen LogP contribution in [-0.2, 0) is 16.6 Å². The number of carbonyl (C=O) groups excluding carboxylic acids is 2. The first kappa shape index (κ1) is 25.0. The number of anilines is 2. The zero-order valence-corrected chi connectivity index (χ0v) is 21.1. The van der Waals surface area contributed by atoms with Gasteiger partial charge in [0, 0.05) is 24.0 Å². The van der Waals surface area contributed by atoms with Gasteiger partial charge in [-0.3, -0.25) is 9.59 Å². The van der Waals surface area contributed by atoms with Crippen LogP contribution in [0.25, 0.3) is 11.4 Å². The molecule has 0 aliphatic carbocycles. The Bertz CT molecular complexity index is 1320.